The molecule has 0 radical (unpaired) electrons. The van der Waals surface area contributed by atoms with Gasteiger partial charge in [0.1, 0.15) is 11.4 Å². The van der Waals surface area contributed by atoms with Gasteiger partial charge in [0.15, 0.2) is 0 Å². The van der Waals surface area contributed by atoms with Gasteiger partial charge in [0, 0.05) is 17.3 Å². The second-order valence-electron chi connectivity index (χ2n) is 5.66. The Morgan fingerprint density at radius 1 is 1.23 bits per heavy atom. The third-order valence-electron chi connectivity index (χ3n) is 4.00. The molecule has 0 amide bonds. The van der Waals surface area contributed by atoms with Gasteiger partial charge in [-0.25, -0.2) is 13.8 Å². The lowest BCUT2D eigenvalue weighted by atomic mass is 9.97. The first kappa shape index (κ1) is 18.1. The molecule has 1 aliphatic heterocycles. The number of nitrogens with zero attached hydrogens (tertiary/aromatic N) is 2. The normalized spacial score (nSPS) is 14.3. The lowest BCUT2D eigenvalue weighted by Gasteiger charge is -2.32. The van der Waals surface area contributed by atoms with Gasteiger partial charge in [0.25, 0.3) is 6.43 Å². The molecule has 1 aromatic heterocycles. The van der Waals surface area contributed by atoms with Gasteiger partial charge in [-0.2, -0.15) is 0 Å². The van der Waals surface area contributed by atoms with E-state index < -0.39 is 13.0 Å². The van der Waals surface area contributed by atoms with Crippen LogP contribution in [0.5, 0.6) is 5.75 Å². The fourth-order valence-corrected chi connectivity index (χ4v) is 3.04. The highest BCUT2D eigenvalue weighted by atomic mass is 35.5. The van der Waals surface area contributed by atoms with Gasteiger partial charge >= 0.3 is 0 Å². The van der Waals surface area contributed by atoms with Crippen LogP contribution in [0.1, 0.15) is 11.3 Å². The van der Waals surface area contributed by atoms with Crippen LogP contribution in [0.3, 0.4) is 0 Å². The van der Waals surface area contributed by atoms with Gasteiger partial charge in [-0.3, -0.25) is 0 Å². The highest BCUT2D eigenvalue weighted by Gasteiger charge is 2.27. The molecular weight excluding hydrogens is 358 g/mol. The average Bonchev–Trinajstić information content (AvgIpc) is 2.64. The molecule has 0 aliphatic carbocycles. The largest absolute Gasteiger partial charge is 0.495 e. The summed E-state index contributed by atoms with van der Waals surface area (Å²) in [6.45, 7) is 3.39. The first-order chi connectivity index (χ1) is 12.5. The van der Waals surface area contributed by atoms with E-state index >= 15 is 0 Å². The Morgan fingerprint density at radius 3 is 2.58 bits per heavy atom. The molecule has 0 saturated carbocycles. The topological polar surface area (TPSA) is 25.4 Å². The fourth-order valence-electron chi connectivity index (χ4n) is 2.80. The van der Waals surface area contributed by atoms with Gasteiger partial charge in [-0.05, 0) is 11.6 Å². The molecule has 3 nitrogen and oxygen atoms in total. The first-order valence-corrected chi connectivity index (χ1v) is 8.31. The van der Waals surface area contributed by atoms with E-state index in [1.807, 2.05) is 36.4 Å². The molecule has 2 aromatic rings. The van der Waals surface area contributed by atoms with Crippen molar-refractivity contribution in [3.8, 4) is 5.75 Å². The highest BCUT2D eigenvalue weighted by molar-refractivity contribution is 6.32. The van der Waals surface area contributed by atoms with E-state index in [0.29, 0.717) is 27.9 Å². The van der Waals surface area contributed by atoms with Crippen LogP contribution in [0.4, 0.5) is 8.78 Å². The molecule has 0 spiro atoms. The minimum absolute atomic E-state index is 0.315. The van der Waals surface area contributed by atoms with Gasteiger partial charge in [-0.1, -0.05) is 54.6 Å². The number of hydrogen-bond donors (Lipinski definition) is 0. The zero-order chi connectivity index (χ0) is 18.7. The Balaban J connectivity index is 2.24. The summed E-state index contributed by atoms with van der Waals surface area (Å²) < 4.78 is 31.6. The summed E-state index contributed by atoms with van der Waals surface area (Å²) in [6.07, 6.45) is 2.53. The molecule has 0 saturated heterocycles. The van der Waals surface area contributed by atoms with Crippen LogP contribution >= 0.6 is 11.6 Å². The van der Waals surface area contributed by atoms with Crippen LogP contribution < -0.4 is 4.74 Å². The van der Waals surface area contributed by atoms with E-state index in [2.05, 4.69) is 11.6 Å². The summed E-state index contributed by atoms with van der Waals surface area (Å²) >= 11 is 6.40. The Hall–Kier alpha value is -2.66. The van der Waals surface area contributed by atoms with Crippen molar-refractivity contribution in [1.29, 1.82) is 0 Å². The highest BCUT2D eigenvalue weighted by Crippen LogP contribution is 2.39. The zero-order valence-corrected chi connectivity index (χ0v) is 14.9. The second-order valence-corrected chi connectivity index (χ2v) is 6.07. The van der Waals surface area contributed by atoms with Crippen molar-refractivity contribution in [2.45, 2.75) is 6.43 Å². The third kappa shape index (κ3) is 3.63. The van der Waals surface area contributed by atoms with Crippen LogP contribution in [0.2, 0.25) is 5.02 Å². The molecular formula is C20H17ClF2N2O. The maximum atomic E-state index is 13.2. The van der Waals surface area contributed by atoms with Crippen molar-refractivity contribution in [3.05, 3.63) is 83.3 Å². The van der Waals surface area contributed by atoms with Crippen molar-refractivity contribution >= 4 is 22.9 Å². The SMILES string of the molecule is C=C1C=CC(c2ccccc2)=C(c2ncc(OC)cc2Cl)N1CC(F)F. The number of pyridine rings is 1. The summed E-state index contributed by atoms with van der Waals surface area (Å²) in [4.78, 5) is 5.82. The predicted octanol–water partition coefficient (Wildman–Crippen LogP) is 5.26. The van der Waals surface area contributed by atoms with Crippen molar-refractivity contribution in [2.75, 3.05) is 13.7 Å². The van der Waals surface area contributed by atoms with E-state index in [0.717, 1.165) is 11.1 Å². The minimum atomic E-state index is -2.54. The molecule has 3 rings (SSSR count). The van der Waals surface area contributed by atoms with Gasteiger partial charge < -0.3 is 9.64 Å². The Bertz CT molecular complexity index is 879. The lowest BCUT2D eigenvalue weighted by Crippen LogP contribution is -2.29. The molecule has 0 bridgehead atoms. The van der Waals surface area contributed by atoms with Crippen LogP contribution in [-0.2, 0) is 0 Å². The van der Waals surface area contributed by atoms with Crippen LogP contribution in [0, 0.1) is 0 Å². The number of benzene rings is 1. The maximum absolute atomic E-state index is 13.2. The number of hydrogen-bond acceptors (Lipinski definition) is 3. The summed E-state index contributed by atoms with van der Waals surface area (Å²) in [5, 5.41) is 0.315. The standard InChI is InChI=1S/C20H17ClF2N2O/c1-13-8-9-16(14-6-4-3-5-7-14)20(25(13)12-18(22)23)19-17(21)10-15(26-2)11-24-19/h3-11,18H,1,12H2,2H3. The predicted molar refractivity (Wildman–Crippen MR) is 100 cm³/mol. The van der Waals surface area contributed by atoms with Gasteiger partial charge in [0.2, 0.25) is 0 Å². The van der Waals surface area contributed by atoms with Crippen molar-refractivity contribution in [2.24, 2.45) is 0 Å². The molecule has 0 fully saturated rings. The van der Waals surface area contributed by atoms with E-state index in [1.54, 1.807) is 12.1 Å². The first-order valence-electron chi connectivity index (χ1n) is 7.93. The minimum Gasteiger partial charge on any atom is -0.495 e. The third-order valence-corrected chi connectivity index (χ3v) is 4.28. The molecule has 1 aromatic carbocycles. The number of methoxy groups -OCH3 is 1. The molecule has 0 unspecified atom stereocenters. The number of halogens is 3. The van der Waals surface area contributed by atoms with Crippen LogP contribution in [0.15, 0.2) is 67.0 Å². The number of alkyl halides is 2. The molecule has 2 heterocycles. The molecule has 1 aliphatic rings. The average molecular weight is 375 g/mol. The monoisotopic (exact) mass is 374 g/mol. The number of allylic oxidation sites excluding steroid dienone is 3. The van der Waals surface area contributed by atoms with E-state index in [-0.39, 0.29) is 0 Å². The van der Waals surface area contributed by atoms with Crippen molar-refractivity contribution in [3.63, 3.8) is 0 Å². The number of rotatable bonds is 5. The van der Waals surface area contributed by atoms with E-state index in [1.165, 1.54) is 18.2 Å². The summed E-state index contributed by atoms with van der Waals surface area (Å²) in [5.74, 6) is 0.492. The molecule has 26 heavy (non-hydrogen) atoms. The van der Waals surface area contributed by atoms with Crippen molar-refractivity contribution in [1.82, 2.24) is 9.88 Å². The number of ether oxygens (including phenoxy) is 1. The smallest absolute Gasteiger partial charge is 0.256 e. The summed E-state index contributed by atoms with van der Waals surface area (Å²) in [5.41, 5.74) is 2.97. The number of aromatic nitrogens is 1. The van der Waals surface area contributed by atoms with Gasteiger partial charge in [0.05, 0.1) is 30.6 Å². The molecule has 0 N–H and O–H groups in total. The second kappa shape index (κ2) is 7.70. The lowest BCUT2D eigenvalue weighted by molar-refractivity contribution is 0.123. The Labute approximate surface area is 155 Å². The van der Waals surface area contributed by atoms with Crippen LogP contribution in [-0.4, -0.2) is 30.0 Å². The maximum Gasteiger partial charge on any atom is 0.256 e. The quantitative estimate of drug-likeness (QED) is 0.713. The van der Waals surface area contributed by atoms with Crippen LogP contribution in [0.25, 0.3) is 11.3 Å². The van der Waals surface area contributed by atoms with Crippen molar-refractivity contribution < 1.29 is 13.5 Å². The molecule has 0 atom stereocenters. The zero-order valence-electron chi connectivity index (χ0n) is 14.1. The summed E-state index contributed by atoms with van der Waals surface area (Å²) in [7, 11) is 1.51. The molecule has 134 valence electrons. The Kier molecular flexibility index (Phi) is 5.38. The molecule has 6 heteroatoms. The fraction of sp³-hybridized carbons (Fsp3) is 0.150. The Morgan fingerprint density at radius 2 is 1.96 bits per heavy atom. The van der Waals surface area contributed by atoms with E-state index in [4.69, 9.17) is 16.3 Å². The summed E-state index contributed by atoms with van der Waals surface area (Å²) in [6, 6.07) is 11.1. The van der Waals surface area contributed by atoms with Gasteiger partial charge in [-0.15, -0.1) is 0 Å². The van der Waals surface area contributed by atoms with E-state index in [9.17, 15) is 8.78 Å².